The smallest absolute Gasteiger partial charge is 0.311 e. The van der Waals surface area contributed by atoms with Crippen molar-refractivity contribution in [3.63, 3.8) is 0 Å². The van der Waals surface area contributed by atoms with Gasteiger partial charge in [0.2, 0.25) is 0 Å². The summed E-state index contributed by atoms with van der Waals surface area (Å²) in [5.41, 5.74) is 5.79. The van der Waals surface area contributed by atoms with Crippen LogP contribution < -0.4 is 5.73 Å². The van der Waals surface area contributed by atoms with E-state index in [1.54, 1.807) is 0 Å². The molecule has 3 N–H and O–H groups in total. The van der Waals surface area contributed by atoms with Crippen molar-refractivity contribution in [3.8, 4) is 0 Å². The molecular weight excluding hydrogens is 190 g/mol. The lowest BCUT2D eigenvalue weighted by molar-refractivity contribution is -0.148. The third kappa shape index (κ3) is 2.57. The van der Waals surface area contributed by atoms with Gasteiger partial charge in [-0.15, -0.1) is 0 Å². The van der Waals surface area contributed by atoms with Crippen LogP contribution in [0, 0.1) is 5.41 Å². The summed E-state index contributed by atoms with van der Waals surface area (Å²) in [6, 6.07) is 9.61. The van der Waals surface area contributed by atoms with Crippen LogP contribution in [0.3, 0.4) is 0 Å². The summed E-state index contributed by atoms with van der Waals surface area (Å²) < 4.78 is 0. The molecule has 0 fully saturated rings. The molecule has 15 heavy (non-hydrogen) atoms. The van der Waals surface area contributed by atoms with Gasteiger partial charge in [0, 0.05) is 6.54 Å². The van der Waals surface area contributed by atoms with Crippen LogP contribution >= 0.6 is 0 Å². The highest BCUT2D eigenvalue weighted by atomic mass is 16.4. The molecule has 3 heteroatoms. The van der Waals surface area contributed by atoms with Gasteiger partial charge in [-0.25, -0.2) is 0 Å². The van der Waals surface area contributed by atoms with Crippen LogP contribution in [0.2, 0.25) is 0 Å². The molecule has 1 unspecified atom stereocenters. The Hall–Kier alpha value is -1.35. The SMILES string of the molecule is CCC(CN)(Cc1ccccc1)C(=O)O. The van der Waals surface area contributed by atoms with Crippen molar-refractivity contribution in [2.24, 2.45) is 11.1 Å². The zero-order chi connectivity index (χ0) is 11.3. The fraction of sp³-hybridized carbons (Fsp3) is 0.417. The summed E-state index contributed by atoms with van der Waals surface area (Å²) in [5, 5.41) is 9.21. The molecule has 82 valence electrons. The predicted molar refractivity (Wildman–Crippen MR) is 59.6 cm³/mol. The Kier molecular flexibility index (Phi) is 3.86. The van der Waals surface area contributed by atoms with Crippen molar-refractivity contribution in [3.05, 3.63) is 35.9 Å². The summed E-state index contributed by atoms with van der Waals surface area (Å²) in [5.74, 6) is -0.809. The van der Waals surface area contributed by atoms with Gasteiger partial charge < -0.3 is 10.8 Å². The van der Waals surface area contributed by atoms with E-state index >= 15 is 0 Å². The van der Waals surface area contributed by atoms with Gasteiger partial charge in [-0.05, 0) is 18.4 Å². The highest BCUT2D eigenvalue weighted by molar-refractivity contribution is 5.75. The van der Waals surface area contributed by atoms with E-state index < -0.39 is 11.4 Å². The second kappa shape index (κ2) is 4.94. The number of nitrogens with two attached hydrogens (primary N) is 1. The lowest BCUT2D eigenvalue weighted by Crippen LogP contribution is -2.40. The molecule has 1 atom stereocenters. The van der Waals surface area contributed by atoms with Gasteiger partial charge in [0.1, 0.15) is 0 Å². The average Bonchev–Trinajstić information content (AvgIpc) is 2.27. The molecule has 3 nitrogen and oxygen atoms in total. The van der Waals surface area contributed by atoms with Crippen LogP contribution in [-0.2, 0) is 11.2 Å². The first-order chi connectivity index (χ1) is 7.14. The van der Waals surface area contributed by atoms with Crippen molar-refractivity contribution in [1.82, 2.24) is 0 Å². The second-order valence-corrected chi connectivity index (χ2v) is 3.81. The monoisotopic (exact) mass is 207 g/mol. The van der Waals surface area contributed by atoms with Crippen molar-refractivity contribution < 1.29 is 9.90 Å². The first kappa shape index (κ1) is 11.7. The van der Waals surface area contributed by atoms with E-state index in [-0.39, 0.29) is 6.54 Å². The topological polar surface area (TPSA) is 63.3 Å². The van der Waals surface area contributed by atoms with Gasteiger partial charge in [0.05, 0.1) is 5.41 Å². The van der Waals surface area contributed by atoms with Crippen LogP contribution in [0.5, 0.6) is 0 Å². The normalized spacial score (nSPS) is 14.5. The van der Waals surface area contributed by atoms with Crippen molar-refractivity contribution in [1.29, 1.82) is 0 Å². The molecule has 0 aliphatic carbocycles. The van der Waals surface area contributed by atoms with Crippen LogP contribution in [-0.4, -0.2) is 17.6 Å². The highest BCUT2D eigenvalue weighted by Gasteiger charge is 2.35. The Bertz CT molecular complexity index is 318. The maximum Gasteiger partial charge on any atom is 0.311 e. The predicted octanol–water partition coefficient (Wildman–Crippen LogP) is 1.67. The first-order valence-corrected chi connectivity index (χ1v) is 5.12. The molecule has 1 aromatic carbocycles. The molecule has 0 aliphatic heterocycles. The molecular formula is C12H17NO2. The van der Waals surface area contributed by atoms with Crippen LogP contribution in [0.15, 0.2) is 30.3 Å². The molecule has 0 amide bonds. The van der Waals surface area contributed by atoms with Crippen LogP contribution in [0.1, 0.15) is 18.9 Å². The Balaban J connectivity index is 2.89. The van der Waals surface area contributed by atoms with Crippen LogP contribution in [0.25, 0.3) is 0 Å². The van der Waals surface area contributed by atoms with Crippen molar-refractivity contribution >= 4 is 5.97 Å². The number of rotatable bonds is 5. The Morgan fingerprint density at radius 1 is 1.40 bits per heavy atom. The number of hydrogen-bond donors (Lipinski definition) is 2. The summed E-state index contributed by atoms with van der Waals surface area (Å²) in [6.45, 7) is 2.04. The van der Waals surface area contributed by atoms with E-state index in [9.17, 15) is 9.90 Å². The third-order valence-corrected chi connectivity index (χ3v) is 2.91. The average molecular weight is 207 g/mol. The maximum atomic E-state index is 11.2. The molecule has 0 bridgehead atoms. The molecule has 1 aromatic rings. The van der Waals surface area contributed by atoms with Gasteiger partial charge in [-0.2, -0.15) is 0 Å². The number of hydrogen-bond acceptors (Lipinski definition) is 2. The van der Waals surface area contributed by atoms with E-state index in [2.05, 4.69) is 0 Å². The summed E-state index contributed by atoms with van der Waals surface area (Å²) in [6.07, 6.45) is 1.05. The molecule has 0 aliphatic rings. The van der Waals surface area contributed by atoms with Crippen LogP contribution in [0.4, 0.5) is 0 Å². The lowest BCUT2D eigenvalue weighted by atomic mass is 9.79. The van der Waals surface area contributed by atoms with Gasteiger partial charge in [-0.3, -0.25) is 4.79 Å². The third-order valence-electron chi connectivity index (χ3n) is 2.91. The number of carboxylic acid groups (broad SMARTS) is 1. The van der Waals surface area contributed by atoms with E-state index in [4.69, 9.17) is 5.73 Å². The van der Waals surface area contributed by atoms with E-state index in [0.29, 0.717) is 12.8 Å². The van der Waals surface area contributed by atoms with E-state index in [1.807, 2.05) is 37.3 Å². The summed E-state index contributed by atoms with van der Waals surface area (Å²) in [7, 11) is 0. The molecule has 1 rings (SSSR count). The largest absolute Gasteiger partial charge is 0.481 e. The molecule has 0 aromatic heterocycles. The fourth-order valence-electron chi connectivity index (χ4n) is 1.64. The maximum absolute atomic E-state index is 11.2. The van der Waals surface area contributed by atoms with Crippen molar-refractivity contribution in [2.75, 3.05) is 6.54 Å². The Morgan fingerprint density at radius 2 is 2.00 bits per heavy atom. The zero-order valence-corrected chi connectivity index (χ0v) is 8.94. The van der Waals surface area contributed by atoms with Crippen molar-refractivity contribution in [2.45, 2.75) is 19.8 Å². The van der Waals surface area contributed by atoms with Gasteiger partial charge >= 0.3 is 5.97 Å². The fourth-order valence-corrected chi connectivity index (χ4v) is 1.64. The molecule has 0 heterocycles. The van der Waals surface area contributed by atoms with Gasteiger partial charge in [0.15, 0.2) is 0 Å². The van der Waals surface area contributed by atoms with E-state index in [0.717, 1.165) is 5.56 Å². The molecule has 0 radical (unpaired) electrons. The zero-order valence-electron chi connectivity index (χ0n) is 8.94. The lowest BCUT2D eigenvalue weighted by Gasteiger charge is -2.26. The quantitative estimate of drug-likeness (QED) is 0.772. The molecule has 0 spiro atoms. The molecule has 0 saturated carbocycles. The molecule has 0 saturated heterocycles. The number of carbonyl (C=O) groups is 1. The minimum absolute atomic E-state index is 0.174. The standard InChI is InChI=1S/C12H17NO2/c1-2-12(9-13,11(14)15)8-10-6-4-3-5-7-10/h3-7H,2,8-9,13H2,1H3,(H,14,15). The Morgan fingerprint density at radius 3 is 2.40 bits per heavy atom. The minimum Gasteiger partial charge on any atom is -0.481 e. The second-order valence-electron chi connectivity index (χ2n) is 3.81. The van der Waals surface area contributed by atoms with Gasteiger partial charge in [0.25, 0.3) is 0 Å². The highest BCUT2D eigenvalue weighted by Crippen LogP contribution is 2.26. The van der Waals surface area contributed by atoms with E-state index in [1.165, 1.54) is 0 Å². The number of benzene rings is 1. The Labute approximate surface area is 89.9 Å². The minimum atomic E-state index is -0.818. The van der Waals surface area contributed by atoms with Gasteiger partial charge in [-0.1, -0.05) is 37.3 Å². The summed E-state index contributed by atoms with van der Waals surface area (Å²) >= 11 is 0. The summed E-state index contributed by atoms with van der Waals surface area (Å²) in [4.78, 5) is 11.2. The number of carboxylic acids is 1. The number of aliphatic carboxylic acids is 1. The first-order valence-electron chi connectivity index (χ1n) is 5.12.